The Morgan fingerprint density at radius 1 is 1.14 bits per heavy atom. The molecule has 2 rings (SSSR count). The molecule has 0 saturated carbocycles. The third kappa shape index (κ3) is 4.87. The second-order valence-electron chi connectivity index (χ2n) is 5.06. The predicted octanol–water partition coefficient (Wildman–Crippen LogP) is 4.12. The van der Waals surface area contributed by atoms with Crippen molar-refractivity contribution < 1.29 is 9.13 Å². The van der Waals surface area contributed by atoms with Gasteiger partial charge in [-0.2, -0.15) is 0 Å². The zero-order chi connectivity index (χ0) is 15.1. The van der Waals surface area contributed by atoms with E-state index in [1.165, 1.54) is 11.6 Å². The number of halogens is 1. The van der Waals surface area contributed by atoms with Gasteiger partial charge in [-0.25, -0.2) is 4.39 Å². The summed E-state index contributed by atoms with van der Waals surface area (Å²) in [6, 6.07) is 15.1. The fourth-order valence-electron chi connectivity index (χ4n) is 2.26. The van der Waals surface area contributed by atoms with Crippen LogP contribution in [-0.2, 0) is 6.42 Å². The molecule has 0 heterocycles. The van der Waals surface area contributed by atoms with Gasteiger partial charge in [0.25, 0.3) is 0 Å². The Kier molecular flexibility index (Phi) is 5.76. The van der Waals surface area contributed by atoms with Crippen LogP contribution in [0, 0.1) is 5.82 Å². The Labute approximate surface area is 126 Å². The predicted molar refractivity (Wildman–Crippen MR) is 84.1 cm³/mol. The van der Waals surface area contributed by atoms with E-state index in [-0.39, 0.29) is 11.9 Å². The zero-order valence-electron chi connectivity index (χ0n) is 12.6. The highest BCUT2D eigenvalue weighted by Gasteiger charge is 2.05. The summed E-state index contributed by atoms with van der Waals surface area (Å²) in [5.41, 5.74) is 2.24. The van der Waals surface area contributed by atoms with Crippen molar-refractivity contribution in [1.82, 2.24) is 5.32 Å². The first-order valence-corrected chi connectivity index (χ1v) is 7.39. The number of nitrogens with one attached hydrogen (secondary N) is 1. The van der Waals surface area contributed by atoms with E-state index in [0.717, 1.165) is 24.3 Å². The smallest absolute Gasteiger partial charge is 0.123 e. The maximum atomic E-state index is 13.1. The molecule has 2 nitrogen and oxygen atoms in total. The summed E-state index contributed by atoms with van der Waals surface area (Å²) in [5, 5.41) is 3.46. The average Bonchev–Trinajstić information content (AvgIpc) is 2.48. The Hall–Kier alpha value is -1.87. The third-order valence-corrected chi connectivity index (χ3v) is 3.44. The molecule has 0 saturated heterocycles. The SMILES string of the molecule is CCOc1ccc(C(C)NCCc2cccc(F)c2)cc1. The van der Waals surface area contributed by atoms with Crippen LogP contribution in [0.4, 0.5) is 4.39 Å². The highest BCUT2D eigenvalue weighted by molar-refractivity contribution is 5.29. The minimum Gasteiger partial charge on any atom is -0.494 e. The number of rotatable bonds is 7. The summed E-state index contributed by atoms with van der Waals surface area (Å²) in [6.45, 7) is 5.60. The maximum Gasteiger partial charge on any atom is 0.123 e. The van der Waals surface area contributed by atoms with Gasteiger partial charge < -0.3 is 10.1 Å². The summed E-state index contributed by atoms with van der Waals surface area (Å²) < 4.78 is 18.5. The molecule has 0 aliphatic carbocycles. The Balaban J connectivity index is 1.82. The molecule has 0 bridgehead atoms. The van der Waals surface area contributed by atoms with Gasteiger partial charge in [0.15, 0.2) is 0 Å². The Bertz CT molecular complexity index is 553. The molecular weight excluding hydrogens is 265 g/mol. The highest BCUT2D eigenvalue weighted by atomic mass is 19.1. The lowest BCUT2D eigenvalue weighted by atomic mass is 10.1. The van der Waals surface area contributed by atoms with Crippen molar-refractivity contribution in [3.63, 3.8) is 0 Å². The molecule has 0 aromatic heterocycles. The van der Waals surface area contributed by atoms with Gasteiger partial charge >= 0.3 is 0 Å². The molecule has 0 amide bonds. The van der Waals surface area contributed by atoms with E-state index in [1.54, 1.807) is 12.1 Å². The third-order valence-electron chi connectivity index (χ3n) is 3.44. The molecule has 2 aromatic rings. The molecule has 0 fully saturated rings. The van der Waals surface area contributed by atoms with Crippen molar-refractivity contribution in [1.29, 1.82) is 0 Å². The van der Waals surface area contributed by atoms with E-state index in [1.807, 2.05) is 25.1 Å². The first-order chi connectivity index (χ1) is 10.2. The molecule has 0 aliphatic rings. The molecule has 3 heteroatoms. The minimum atomic E-state index is -0.174. The lowest BCUT2D eigenvalue weighted by Gasteiger charge is -2.15. The number of benzene rings is 2. The number of ether oxygens (including phenoxy) is 1. The van der Waals surface area contributed by atoms with Gasteiger partial charge in [-0.3, -0.25) is 0 Å². The van der Waals surface area contributed by atoms with Crippen molar-refractivity contribution in [2.45, 2.75) is 26.3 Å². The molecule has 2 aromatic carbocycles. The summed E-state index contributed by atoms with van der Waals surface area (Å²) >= 11 is 0. The van der Waals surface area contributed by atoms with Gasteiger partial charge in [0.2, 0.25) is 0 Å². The summed E-state index contributed by atoms with van der Waals surface area (Å²) in [7, 11) is 0. The van der Waals surface area contributed by atoms with Gasteiger partial charge in [0, 0.05) is 6.04 Å². The van der Waals surface area contributed by atoms with Crippen LogP contribution >= 0.6 is 0 Å². The lowest BCUT2D eigenvalue weighted by molar-refractivity contribution is 0.340. The quantitative estimate of drug-likeness (QED) is 0.827. The van der Waals surface area contributed by atoms with Gasteiger partial charge in [-0.15, -0.1) is 0 Å². The van der Waals surface area contributed by atoms with E-state index in [9.17, 15) is 4.39 Å². The monoisotopic (exact) mass is 287 g/mol. The first kappa shape index (κ1) is 15.5. The average molecular weight is 287 g/mol. The summed E-state index contributed by atoms with van der Waals surface area (Å²) in [4.78, 5) is 0. The van der Waals surface area contributed by atoms with Crippen LogP contribution in [0.15, 0.2) is 48.5 Å². The highest BCUT2D eigenvalue weighted by Crippen LogP contribution is 2.17. The fraction of sp³-hybridized carbons (Fsp3) is 0.333. The molecule has 21 heavy (non-hydrogen) atoms. The van der Waals surface area contributed by atoms with Crippen LogP contribution < -0.4 is 10.1 Å². The largest absolute Gasteiger partial charge is 0.494 e. The van der Waals surface area contributed by atoms with E-state index < -0.39 is 0 Å². The van der Waals surface area contributed by atoms with Crippen LogP contribution in [0.3, 0.4) is 0 Å². The zero-order valence-corrected chi connectivity index (χ0v) is 12.6. The minimum absolute atomic E-state index is 0.174. The number of hydrogen-bond acceptors (Lipinski definition) is 2. The van der Waals surface area contributed by atoms with E-state index in [0.29, 0.717) is 6.61 Å². The molecule has 1 N–H and O–H groups in total. The van der Waals surface area contributed by atoms with E-state index >= 15 is 0 Å². The van der Waals surface area contributed by atoms with Crippen LogP contribution in [-0.4, -0.2) is 13.2 Å². The summed E-state index contributed by atoms with van der Waals surface area (Å²) in [6.07, 6.45) is 0.819. The first-order valence-electron chi connectivity index (χ1n) is 7.39. The lowest BCUT2D eigenvalue weighted by Crippen LogP contribution is -2.21. The van der Waals surface area contributed by atoms with Crippen LogP contribution in [0.1, 0.15) is 31.0 Å². The molecule has 1 unspecified atom stereocenters. The van der Waals surface area contributed by atoms with Gasteiger partial charge in [0.1, 0.15) is 11.6 Å². The van der Waals surface area contributed by atoms with E-state index in [4.69, 9.17) is 4.74 Å². The normalized spacial score (nSPS) is 12.1. The molecule has 0 radical (unpaired) electrons. The molecule has 0 aliphatic heterocycles. The van der Waals surface area contributed by atoms with Crippen LogP contribution in [0.25, 0.3) is 0 Å². The molecule has 1 atom stereocenters. The van der Waals surface area contributed by atoms with Gasteiger partial charge in [-0.05, 0) is 62.2 Å². The van der Waals surface area contributed by atoms with Gasteiger partial charge in [0.05, 0.1) is 6.61 Å². The van der Waals surface area contributed by atoms with Crippen molar-refractivity contribution >= 4 is 0 Å². The second kappa shape index (κ2) is 7.79. The van der Waals surface area contributed by atoms with Crippen molar-refractivity contribution in [2.75, 3.05) is 13.2 Å². The van der Waals surface area contributed by atoms with Gasteiger partial charge in [-0.1, -0.05) is 24.3 Å². The molecular formula is C18H22FNO. The Morgan fingerprint density at radius 3 is 2.57 bits per heavy atom. The fourth-order valence-corrected chi connectivity index (χ4v) is 2.26. The van der Waals surface area contributed by atoms with Crippen molar-refractivity contribution in [2.24, 2.45) is 0 Å². The topological polar surface area (TPSA) is 21.3 Å². The standard InChI is InChI=1S/C18H22FNO/c1-3-21-18-9-7-16(8-10-18)14(2)20-12-11-15-5-4-6-17(19)13-15/h4-10,13-14,20H,3,11-12H2,1-2H3. The molecule has 112 valence electrons. The van der Waals surface area contributed by atoms with Crippen molar-refractivity contribution in [3.8, 4) is 5.75 Å². The molecule has 0 spiro atoms. The number of hydrogen-bond donors (Lipinski definition) is 1. The maximum absolute atomic E-state index is 13.1. The van der Waals surface area contributed by atoms with Crippen LogP contribution in [0.5, 0.6) is 5.75 Å². The summed E-state index contributed by atoms with van der Waals surface area (Å²) in [5.74, 6) is 0.722. The van der Waals surface area contributed by atoms with E-state index in [2.05, 4.69) is 24.4 Å². The Morgan fingerprint density at radius 2 is 1.90 bits per heavy atom. The van der Waals surface area contributed by atoms with Crippen LogP contribution in [0.2, 0.25) is 0 Å². The second-order valence-corrected chi connectivity index (χ2v) is 5.06. The van der Waals surface area contributed by atoms with Crippen molar-refractivity contribution in [3.05, 3.63) is 65.5 Å².